The number of hydrogen-bond acceptors (Lipinski definition) is 6. The molecular formula is C15H17N3O5S2. The van der Waals surface area contributed by atoms with Gasteiger partial charge in [-0.1, -0.05) is 17.7 Å². The molecule has 2 aromatic rings. The number of carbonyl (C=O) groups excluding carboxylic acids is 1. The summed E-state index contributed by atoms with van der Waals surface area (Å²) >= 11 is 1.02. The summed E-state index contributed by atoms with van der Waals surface area (Å²) in [7, 11) is -3.64. The highest BCUT2D eigenvalue weighted by Gasteiger charge is 2.19. The average molecular weight is 383 g/mol. The molecule has 0 radical (unpaired) electrons. The summed E-state index contributed by atoms with van der Waals surface area (Å²) in [6.45, 7) is 3.49. The van der Waals surface area contributed by atoms with Crippen LogP contribution in [-0.2, 0) is 10.0 Å². The highest BCUT2D eigenvalue weighted by Crippen LogP contribution is 2.27. The summed E-state index contributed by atoms with van der Waals surface area (Å²) in [6, 6.07) is 7.62. The van der Waals surface area contributed by atoms with Crippen molar-refractivity contribution in [3.8, 4) is 0 Å². The van der Waals surface area contributed by atoms with E-state index in [1.54, 1.807) is 19.1 Å². The van der Waals surface area contributed by atoms with Crippen LogP contribution >= 0.6 is 11.3 Å². The van der Waals surface area contributed by atoms with Crippen LogP contribution in [0.3, 0.4) is 0 Å². The summed E-state index contributed by atoms with van der Waals surface area (Å²) in [5.74, 6) is -0.476. The van der Waals surface area contributed by atoms with Crippen LogP contribution in [0.4, 0.5) is 5.69 Å². The molecule has 1 aromatic heterocycles. The Hall–Kier alpha value is -2.30. The number of benzene rings is 1. The van der Waals surface area contributed by atoms with Crippen LogP contribution in [-0.4, -0.2) is 32.3 Å². The quantitative estimate of drug-likeness (QED) is 0.430. The van der Waals surface area contributed by atoms with Crippen molar-refractivity contribution in [1.82, 2.24) is 10.0 Å². The third-order valence-electron chi connectivity index (χ3n) is 3.35. The molecule has 0 bridgehead atoms. The minimum atomic E-state index is -3.64. The zero-order valence-corrected chi connectivity index (χ0v) is 15.2. The molecule has 0 saturated carbocycles. The van der Waals surface area contributed by atoms with Crippen molar-refractivity contribution >= 4 is 33.0 Å². The van der Waals surface area contributed by atoms with Crippen molar-refractivity contribution in [3.05, 3.63) is 55.8 Å². The molecule has 0 aliphatic heterocycles. The van der Waals surface area contributed by atoms with Gasteiger partial charge in [0, 0.05) is 19.2 Å². The molecule has 0 atom stereocenters. The van der Waals surface area contributed by atoms with E-state index < -0.39 is 20.9 Å². The van der Waals surface area contributed by atoms with Crippen molar-refractivity contribution in [2.75, 3.05) is 13.1 Å². The zero-order valence-electron chi connectivity index (χ0n) is 13.6. The lowest BCUT2D eigenvalue weighted by Gasteiger charge is -2.07. The van der Waals surface area contributed by atoms with Crippen molar-refractivity contribution in [2.45, 2.75) is 18.7 Å². The molecule has 0 saturated heterocycles. The SMILES string of the molecule is Cc1ccc(S(=O)(=O)NCCNC(=O)c2cc([N+](=O)[O-])c(C)s2)cc1. The standard InChI is InChI=1S/C15H17N3O5S2/c1-10-3-5-12(6-4-10)25(22,23)17-8-7-16-15(19)14-9-13(18(20)21)11(2)24-14/h3-6,9,17H,7-8H2,1-2H3,(H,16,19). The van der Waals surface area contributed by atoms with Gasteiger partial charge in [0.25, 0.3) is 11.6 Å². The smallest absolute Gasteiger partial charge is 0.283 e. The van der Waals surface area contributed by atoms with Crippen LogP contribution in [0.5, 0.6) is 0 Å². The Morgan fingerprint density at radius 3 is 2.40 bits per heavy atom. The van der Waals surface area contributed by atoms with Crippen molar-refractivity contribution in [2.24, 2.45) is 0 Å². The monoisotopic (exact) mass is 383 g/mol. The highest BCUT2D eigenvalue weighted by molar-refractivity contribution is 7.89. The third-order valence-corrected chi connectivity index (χ3v) is 5.86. The van der Waals surface area contributed by atoms with Gasteiger partial charge in [0.15, 0.2) is 0 Å². The van der Waals surface area contributed by atoms with E-state index in [2.05, 4.69) is 10.0 Å². The Morgan fingerprint density at radius 2 is 1.84 bits per heavy atom. The second-order valence-corrected chi connectivity index (χ2v) is 8.30. The first kappa shape index (κ1) is 19.0. The molecule has 134 valence electrons. The molecule has 0 aliphatic rings. The second-order valence-electron chi connectivity index (χ2n) is 5.28. The number of thiophene rings is 1. The van der Waals surface area contributed by atoms with Gasteiger partial charge in [0.05, 0.1) is 19.6 Å². The highest BCUT2D eigenvalue weighted by atomic mass is 32.2. The maximum absolute atomic E-state index is 12.1. The van der Waals surface area contributed by atoms with Crippen LogP contribution in [0.25, 0.3) is 0 Å². The molecular weight excluding hydrogens is 366 g/mol. The van der Waals surface area contributed by atoms with Gasteiger partial charge < -0.3 is 5.32 Å². The molecule has 1 aromatic carbocycles. The summed E-state index contributed by atoms with van der Waals surface area (Å²) < 4.78 is 26.6. The number of amides is 1. The van der Waals surface area contributed by atoms with E-state index in [-0.39, 0.29) is 28.5 Å². The number of nitrogens with zero attached hydrogens (tertiary/aromatic N) is 1. The first-order chi connectivity index (χ1) is 11.7. The van der Waals surface area contributed by atoms with Gasteiger partial charge in [0.1, 0.15) is 0 Å². The van der Waals surface area contributed by atoms with Gasteiger partial charge in [-0.15, -0.1) is 11.3 Å². The fraction of sp³-hybridized carbons (Fsp3) is 0.267. The van der Waals surface area contributed by atoms with E-state index in [4.69, 9.17) is 0 Å². The van der Waals surface area contributed by atoms with Gasteiger partial charge in [-0.25, -0.2) is 13.1 Å². The molecule has 8 nitrogen and oxygen atoms in total. The average Bonchev–Trinajstić information content (AvgIpc) is 2.94. The number of sulfonamides is 1. The summed E-state index contributed by atoms with van der Waals surface area (Å²) in [4.78, 5) is 23.0. The lowest BCUT2D eigenvalue weighted by Crippen LogP contribution is -2.34. The van der Waals surface area contributed by atoms with E-state index in [1.165, 1.54) is 18.2 Å². The molecule has 10 heteroatoms. The van der Waals surface area contributed by atoms with Crippen molar-refractivity contribution in [3.63, 3.8) is 0 Å². The Labute approximate surface area is 149 Å². The lowest BCUT2D eigenvalue weighted by molar-refractivity contribution is -0.385. The van der Waals surface area contributed by atoms with Crippen LogP contribution in [0, 0.1) is 24.0 Å². The van der Waals surface area contributed by atoms with Crippen LogP contribution in [0.15, 0.2) is 35.2 Å². The Bertz CT molecular complexity index is 888. The van der Waals surface area contributed by atoms with E-state index in [1.807, 2.05) is 6.92 Å². The Balaban J connectivity index is 1.88. The summed E-state index contributed by atoms with van der Waals surface area (Å²) in [5.41, 5.74) is 0.849. The van der Waals surface area contributed by atoms with Gasteiger partial charge in [-0.05, 0) is 26.0 Å². The maximum Gasteiger partial charge on any atom is 0.283 e. The second kappa shape index (κ2) is 7.72. The van der Waals surface area contributed by atoms with Crippen LogP contribution in [0.2, 0.25) is 0 Å². The van der Waals surface area contributed by atoms with Crippen LogP contribution < -0.4 is 10.0 Å². The van der Waals surface area contributed by atoms with E-state index in [0.29, 0.717) is 4.88 Å². The first-order valence-corrected chi connectivity index (χ1v) is 9.60. The number of hydrogen-bond donors (Lipinski definition) is 2. The fourth-order valence-corrected chi connectivity index (χ4v) is 3.95. The molecule has 0 fully saturated rings. The molecule has 0 aliphatic carbocycles. The largest absolute Gasteiger partial charge is 0.350 e. The minimum absolute atomic E-state index is 0.00833. The minimum Gasteiger partial charge on any atom is -0.350 e. The summed E-state index contributed by atoms with van der Waals surface area (Å²) in [5, 5.41) is 13.3. The topological polar surface area (TPSA) is 118 Å². The maximum atomic E-state index is 12.1. The molecule has 1 heterocycles. The van der Waals surface area contributed by atoms with Gasteiger partial charge >= 0.3 is 0 Å². The predicted octanol–water partition coefficient (Wildman–Crippen LogP) is 1.98. The number of nitrogens with one attached hydrogen (secondary N) is 2. The first-order valence-electron chi connectivity index (χ1n) is 7.30. The van der Waals surface area contributed by atoms with Crippen molar-refractivity contribution < 1.29 is 18.1 Å². The Morgan fingerprint density at radius 1 is 1.20 bits per heavy atom. The van der Waals surface area contributed by atoms with Crippen LogP contribution in [0.1, 0.15) is 20.1 Å². The normalized spacial score (nSPS) is 11.3. The number of rotatable bonds is 7. The lowest BCUT2D eigenvalue weighted by atomic mass is 10.2. The van der Waals surface area contributed by atoms with E-state index in [0.717, 1.165) is 16.9 Å². The Kier molecular flexibility index (Phi) is 5.88. The molecule has 2 N–H and O–H groups in total. The third kappa shape index (κ3) is 4.84. The molecule has 0 unspecified atom stereocenters. The number of carbonyl (C=O) groups is 1. The number of nitro groups is 1. The van der Waals surface area contributed by atoms with Gasteiger partial charge in [-0.3, -0.25) is 14.9 Å². The van der Waals surface area contributed by atoms with Gasteiger partial charge in [-0.2, -0.15) is 0 Å². The van der Waals surface area contributed by atoms with E-state index >= 15 is 0 Å². The fourth-order valence-electron chi connectivity index (χ4n) is 2.01. The zero-order chi connectivity index (χ0) is 18.6. The number of aryl methyl sites for hydroxylation is 2. The van der Waals surface area contributed by atoms with E-state index in [9.17, 15) is 23.3 Å². The van der Waals surface area contributed by atoms with Crippen molar-refractivity contribution in [1.29, 1.82) is 0 Å². The summed E-state index contributed by atoms with van der Waals surface area (Å²) in [6.07, 6.45) is 0. The molecule has 2 rings (SSSR count). The molecule has 25 heavy (non-hydrogen) atoms. The predicted molar refractivity (Wildman–Crippen MR) is 94.4 cm³/mol. The molecule has 1 amide bonds. The molecule has 0 spiro atoms. The van der Waals surface area contributed by atoms with Gasteiger partial charge in [0.2, 0.25) is 10.0 Å².